The molecule has 0 radical (unpaired) electrons. The molecule has 3 aromatic carbocycles. The van der Waals surface area contributed by atoms with Crippen LogP contribution in [0, 0.1) is 0 Å². The van der Waals surface area contributed by atoms with Gasteiger partial charge in [-0.1, -0.05) is 30.3 Å². The van der Waals surface area contributed by atoms with Crippen LogP contribution in [0.3, 0.4) is 0 Å². The lowest BCUT2D eigenvalue weighted by molar-refractivity contribution is -0.142. The van der Waals surface area contributed by atoms with Crippen LogP contribution in [0.25, 0.3) is 21.5 Å². The molecule has 1 aliphatic rings. The van der Waals surface area contributed by atoms with Crippen LogP contribution < -0.4 is 5.32 Å². The molecule has 4 heteroatoms. The van der Waals surface area contributed by atoms with Gasteiger partial charge in [-0.15, -0.1) is 0 Å². The smallest absolute Gasteiger partial charge is 0.336 e. The molecular weight excluding hydrogens is 290 g/mol. The van der Waals surface area contributed by atoms with Crippen molar-refractivity contribution in [1.29, 1.82) is 0 Å². The summed E-state index contributed by atoms with van der Waals surface area (Å²) < 4.78 is 4.99. The Balaban J connectivity index is 1.90. The predicted molar refractivity (Wildman–Crippen MR) is 89.8 cm³/mol. The second-order valence-electron chi connectivity index (χ2n) is 5.60. The zero-order valence-corrected chi connectivity index (χ0v) is 12.6. The molecule has 0 saturated heterocycles. The Bertz CT molecular complexity index is 961. The second kappa shape index (κ2) is 5.09. The summed E-state index contributed by atoms with van der Waals surface area (Å²) in [6, 6.07) is 15.0. The molecular formula is C19H15NO3. The fourth-order valence-corrected chi connectivity index (χ4v) is 3.16. The van der Waals surface area contributed by atoms with Crippen molar-refractivity contribution >= 4 is 39.0 Å². The number of fused-ring (bicyclic) bond motifs is 4. The van der Waals surface area contributed by atoms with Gasteiger partial charge in [0.05, 0.1) is 12.2 Å². The molecule has 3 aromatic rings. The standard InChI is InChI=1S/C19H15NO3/c1-2-23-19(22)17-18(21)16-14-10-12-6-4-3-5-11(12)9-13(14)7-8-15(16)20-17/h3-10,17,20H,2H2,1H3/t17-/m0/s1. The highest BCUT2D eigenvalue weighted by molar-refractivity contribution is 6.26. The Kier molecular flexibility index (Phi) is 3.05. The fraction of sp³-hybridized carbons (Fsp3) is 0.158. The monoisotopic (exact) mass is 305 g/mol. The third-order valence-electron chi connectivity index (χ3n) is 4.22. The van der Waals surface area contributed by atoms with Gasteiger partial charge in [0.15, 0.2) is 11.8 Å². The summed E-state index contributed by atoms with van der Waals surface area (Å²) in [5.74, 6) is -0.748. The molecule has 4 rings (SSSR count). The number of rotatable bonds is 2. The van der Waals surface area contributed by atoms with Crippen molar-refractivity contribution in [3.63, 3.8) is 0 Å². The number of carbonyl (C=O) groups is 2. The van der Waals surface area contributed by atoms with Gasteiger partial charge in [0.25, 0.3) is 0 Å². The molecule has 0 amide bonds. The van der Waals surface area contributed by atoms with E-state index < -0.39 is 12.0 Å². The van der Waals surface area contributed by atoms with Crippen molar-refractivity contribution in [1.82, 2.24) is 0 Å². The molecule has 0 saturated carbocycles. The van der Waals surface area contributed by atoms with Crippen molar-refractivity contribution in [2.45, 2.75) is 13.0 Å². The molecule has 4 nitrogen and oxygen atoms in total. The Morgan fingerprint density at radius 3 is 2.57 bits per heavy atom. The quantitative estimate of drug-likeness (QED) is 0.447. The number of hydrogen-bond acceptors (Lipinski definition) is 4. The largest absolute Gasteiger partial charge is 0.464 e. The predicted octanol–water partition coefficient (Wildman–Crippen LogP) is 3.53. The van der Waals surface area contributed by atoms with Gasteiger partial charge in [-0.3, -0.25) is 4.79 Å². The maximum atomic E-state index is 12.7. The molecule has 1 N–H and O–H groups in total. The number of anilines is 1. The lowest BCUT2D eigenvalue weighted by Crippen LogP contribution is -2.33. The summed E-state index contributed by atoms with van der Waals surface area (Å²) in [5, 5.41) is 7.03. The van der Waals surface area contributed by atoms with Gasteiger partial charge >= 0.3 is 5.97 Å². The van der Waals surface area contributed by atoms with Crippen molar-refractivity contribution in [2.75, 3.05) is 11.9 Å². The number of nitrogens with one attached hydrogen (secondary N) is 1. The van der Waals surface area contributed by atoms with Crippen molar-refractivity contribution < 1.29 is 14.3 Å². The fourth-order valence-electron chi connectivity index (χ4n) is 3.16. The van der Waals surface area contributed by atoms with Crippen LogP contribution in [-0.4, -0.2) is 24.4 Å². The van der Waals surface area contributed by atoms with E-state index in [1.165, 1.54) is 0 Å². The summed E-state index contributed by atoms with van der Waals surface area (Å²) in [5.41, 5.74) is 1.27. The molecule has 23 heavy (non-hydrogen) atoms. The Morgan fingerprint density at radius 2 is 1.83 bits per heavy atom. The van der Waals surface area contributed by atoms with E-state index in [9.17, 15) is 9.59 Å². The number of ether oxygens (including phenoxy) is 1. The molecule has 0 fully saturated rings. The van der Waals surface area contributed by atoms with Gasteiger partial charge in [0.1, 0.15) is 0 Å². The van der Waals surface area contributed by atoms with E-state index in [0.29, 0.717) is 11.3 Å². The molecule has 0 bridgehead atoms. The zero-order valence-electron chi connectivity index (χ0n) is 12.6. The third kappa shape index (κ3) is 2.06. The SMILES string of the molecule is CCOC(=O)[C@H]1Nc2ccc3cc4ccccc4cc3c2C1=O. The van der Waals surface area contributed by atoms with Crippen LogP contribution in [0.2, 0.25) is 0 Å². The van der Waals surface area contributed by atoms with Crippen molar-refractivity contribution in [3.8, 4) is 0 Å². The first-order valence-electron chi connectivity index (χ1n) is 7.62. The van der Waals surface area contributed by atoms with E-state index in [2.05, 4.69) is 11.4 Å². The van der Waals surface area contributed by atoms with Crippen LogP contribution in [0.15, 0.2) is 48.5 Å². The van der Waals surface area contributed by atoms with Gasteiger partial charge in [-0.25, -0.2) is 4.79 Å². The lowest BCUT2D eigenvalue weighted by Gasteiger charge is -2.07. The van der Waals surface area contributed by atoms with E-state index in [-0.39, 0.29) is 12.4 Å². The normalized spacial score (nSPS) is 16.4. The number of benzene rings is 3. The average Bonchev–Trinajstić information content (AvgIpc) is 2.90. The van der Waals surface area contributed by atoms with Gasteiger partial charge in [0, 0.05) is 5.69 Å². The third-order valence-corrected chi connectivity index (χ3v) is 4.22. The summed E-state index contributed by atoms with van der Waals surface area (Å²) >= 11 is 0. The maximum absolute atomic E-state index is 12.7. The van der Waals surface area contributed by atoms with Crippen LogP contribution >= 0.6 is 0 Å². The molecule has 0 unspecified atom stereocenters. The number of hydrogen-bond donors (Lipinski definition) is 1. The van der Waals surface area contributed by atoms with Crippen LogP contribution in [-0.2, 0) is 9.53 Å². The highest BCUT2D eigenvalue weighted by Crippen LogP contribution is 2.35. The molecule has 1 atom stereocenters. The average molecular weight is 305 g/mol. The molecule has 0 aromatic heterocycles. The molecule has 1 aliphatic heterocycles. The van der Waals surface area contributed by atoms with Gasteiger partial charge < -0.3 is 10.1 Å². The molecule has 1 heterocycles. The Morgan fingerprint density at radius 1 is 1.09 bits per heavy atom. The molecule has 0 aliphatic carbocycles. The molecule has 0 spiro atoms. The number of Topliss-reactive ketones (excluding diaryl/α,β-unsaturated/α-hetero) is 1. The summed E-state index contributed by atoms with van der Waals surface area (Å²) in [7, 11) is 0. The first kappa shape index (κ1) is 13.8. The number of esters is 1. The van der Waals surface area contributed by atoms with E-state index in [0.717, 1.165) is 21.5 Å². The summed E-state index contributed by atoms with van der Waals surface area (Å²) in [6.45, 7) is 1.98. The van der Waals surface area contributed by atoms with Crippen molar-refractivity contribution in [2.24, 2.45) is 0 Å². The number of ketones is 1. The van der Waals surface area contributed by atoms with Gasteiger partial charge in [-0.2, -0.15) is 0 Å². The minimum Gasteiger partial charge on any atom is -0.464 e. The topological polar surface area (TPSA) is 55.4 Å². The van der Waals surface area contributed by atoms with E-state index >= 15 is 0 Å². The second-order valence-corrected chi connectivity index (χ2v) is 5.60. The summed E-state index contributed by atoms with van der Waals surface area (Å²) in [6.07, 6.45) is 0. The van der Waals surface area contributed by atoms with Crippen LogP contribution in [0.1, 0.15) is 17.3 Å². The van der Waals surface area contributed by atoms with E-state index in [4.69, 9.17) is 4.74 Å². The van der Waals surface area contributed by atoms with Gasteiger partial charge in [-0.05, 0) is 46.7 Å². The Labute approximate surface area is 133 Å². The Hall–Kier alpha value is -2.88. The van der Waals surface area contributed by atoms with E-state index in [1.54, 1.807) is 6.92 Å². The van der Waals surface area contributed by atoms with Crippen LogP contribution in [0.5, 0.6) is 0 Å². The summed E-state index contributed by atoms with van der Waals surface area (Å²) in [4.78, 5) is 24.7. The minimum atomic E-state index is -0.943. The zero-order chi connectivity index (χ0) is 16.0. The van der Waals surface area contributed by atoms with Gasteiger partial charge in [0.2, 0.25) is 0 Å². The maximum Gasteiger partial charge on any atom is 0.336 e. The first-order valence-corrected chi connectivity index (χ1v) is 7.62. The highest BCUT2D eigenvalue weighted by atomic mass is 16.5. The number of carbonyl (C=O) groups excluding carboxylic acids is 2. The van der Waals surface area contributed by atoms with Crippen molar-refractivity contribution in [3.05, 3.63) is 54.1 Å². The highest BCUT2D eigenvalue weighted by Gasteiger charge is 2.37. The minimum absolute atomic E-state index is 0.223. The molecule has 114 valence electrons. The first-order chi connectivity index (χ1) is 11.2. The van der Waals surface area contributed by atoms with Crippen LogP contribution in [0.4, 0.5) is 5.69 Å². The van der Waals surface area contributed by atoms with E-state index in [1.807, 2.05) is 42.5 Å². The lowest BCUT2D eigenvalue weighted by atomic mass is 9.97.